The molecule has 9 nitrogen and oxygen atoms in total. The molecule has 1 aliphatic heterocycles. The van der Waals surface area contributed by atoms with Gasteiger partial charge in [0.05, 0.1) is 13.2 Å². The topological polar surface area (TPSA) is 112 Å². The van der Waals surface area contributed by atoms with Crippen molar-refractivity contribution < 1.29 is 27.9 Å². The minimum Gasteiger partial charge on any atom is -0.379 e. The largest absolute Gasteiger partial charge is 0.379 e. The molecule has 1 heterocycles. The monoisotopic (exact) mass is 557 g/mol. The Morgan fingerprint density at radius 3 is 2.40 bits per heavy atom. The zero-order valence-corrected chi connectivity index (χ0v) is 22.5. The maximum absolute atomic E-state index is 13.6. The van der Waals surface area contributed by atoms with Crippen molar-refractivity contribution in [1.29, 1.82) is 0 Å². The normalized spacial score (nSPS) is 17.6. The summed E-state index contributed by atoms with van der Waals surface area (Å²) in [6.45, 7) is 4.49. The summed E-state index contributed by atoms with van der Waals surface area (Å²) < 4.78 is 32.2. The average Bonchev–Trinajstić information content (AvgIpc) is 3.43. The molecule has 0 aromatic heterocycles. The Morgan fingerprint density at radius 1 is 0.975 bits per heavy atom. The molecule has 0 spiro atoms. The van der Waals surface area contributed by atoms with Gasteiger partial charge < -0.3 is 26.0 Å². The minimum atomic E-state index is -1.23. The van der Waals surface area contributed by atoms with Gasteiger partial charge in [0.15, 0.2) is 11.6 Å². The van der Waals surface area contributed by atoms with Crippen LogP contribution in [0.5, 0.6) is 0 Å². The van der Waals surface area contributed by atoms with Gasteiger partial charge in [-0.3, -0.25) is 14.5 Å². The van der Waals surface area contributed by atoms with E-state index < -0.39 is 35.2 Å². The SMILES string of the molecule is O=C(Nc1ccc(F)c(F)c1)NC1(C(=O)N[C@H](Cc2ccccc2)C(=O)NCCCN2CCOCC2)CCCC1. The van der Waals surface area contributed by atoms with E-state index in [0.717, 1.165) is 56.6 Å². The summed E-state index contributed by atoms with van der Waals surface area (Å²) in [5.41, 5.74) is -0.280. The van der Waals surface area contributed by atoms with Gasteiger partial charge >= 0.3 is 6.03 Å². The zero-order valence-electron chi connectivity index (χ0n) is 22.5. The van der Waals surface area contributed by atoms with Gasteiger partial charge in [-0.1, -0.05) is 43.2 Å². The van der Waals surface area contributed by atoms with Crippen LogP contribution in [0.2, 0.25) is 0 Å². The van der Waals surface area contributed by atoms with Crippen LogP contribution < -0.4 is 21.3 Å². The highest BCUT2D eigenvalue weighted by molar-refractivity contribution is 5.98. The van der Waals surface area contributed by atoms with Crippen molar-refractivity contribution in [1.82, 2.24) is 20.9 Å². The third-order valence-corrected chi connectivity index (χ3v) is 7.38. The first-order valence-electron chi connectivity index (χ1n) is 13.8. The highest BCUT2D eigenvalue weighted by Crippen LogP contribution is 2.30. The number of nitrogens with zero attached hydrogens (tertiary/aromatic N) is 1. The molecule has 40 heavy (non-hydrogen) atoms. The van der Waals surface area contributed by atoms with E-state index in [-0.39, 0.29) is 11.6 Å². The molecule has 2 aromatic rings. The molecule has 216 valence electrons. The van der Waals surface area contributed by atoms with Crippen molar-refractivity contribution in [3.05, 3.63) is 65.7 Å². The number of benzene rings is 2. The zero-order chi connectivity index (χ0) is 28.4. The van der Waals surface area contributed by atoms with Gasteiger partial charge in [-0.05, 0) is 43.5 Å². The van der Waals surface area contributed by atoms with Crippen LogP contribution >= 0.6 is 0 Å². The van der Waals surface area contributed by atoms with E-state index >= 15 is 0 Å². The molecule has 0 radical (unpaired) electrons. The van der Waals surface area contributed by atoms with Gasteiger partial charge in [-0.25, -0.2) is 13.6 Å². The van der Waals surface area contributed by atoms with Crippen LogP contribution in [0.4, 0.5) is 19.3 Å². The van der Waals surface area contributed by atoms with Crippen molar-refractivity contribution in [3.63, 3.8) is 0 Å². The van der Waals surface area contributed by atoms with Gasteiger partial charge in [0.25, 0.3) is 0 Å². The summed E-state index contributed by atoms with van der Waals surface area (Å²) in [6.07, 6.45) is 3.28. The van der Waals surface area contributed by atoms with Crippen molar-refractivity contribution in [2.75, 3.05) is 44.7 Å². The highest BCUT2D eigenvalue weighted by Gasteiger charge is 2.43. The highest BCUT2D eigenvalue weighted by atomic mass is 19.2. The third kappa shape index (κ3) is 8.22. The molecule has 1 saturated heterocycles. The lowest BCUT2D eigenvalue weighted by Gasteiger charge is -2.31. The predicted molar refractivity (Wildman–Crippen MR) is 147 cm³/mol. The van der Waals surface area contributed by atoms with Crippen molar-refractivity contribution >= 4 is 23.5 Å². The van der Waals surface area contributed by atoms with Crippen LogP contribution in [0.1, 0.15) is 37.7 Å². The Labute approximate surface area is 233 Å². The molecule has 11 heteroatoms. The Morgan fingerprint density at radius 2 is 1.70 bits per heavy atom. The van der Waals surface area contributed by atoms with Gasteiger partial charge in [0, 0.05) is 37.8 Å². The predicted octanol–water partition coefficient (Wildman–Crippen LogP) is 2.97. The fraction of sp³-hybridized carbons (Fsp3) is 0.483. The number of hydrogen-bond donors (Lipinski definition) is 4. The molecular weight excluding hydrogens is 520 g/mol. The number of urea groups is 1. The number of ether oxygens (including phenoxy) is 1. The number of amides is 4. The number of carbonyl (C=O) groups is 3. The molecule has 1 atom stereocenters. The third-order valence-electron chi connectivity index (χ3n) is 7.38. The van der Waals surface area contributed by atoms with E-state index in [0.29, 0.717) is 39.0 Å². The molecule has 2 fully saturated rings. The van der Waals surface area contributed by atoms with Crippen LogP contribution in [0.25, 0.3) is 0 Å². The molecule has 4 rings (SSSR count). The quantitative estimate of drug-likeness (QED) is 0.318. The van der Waals surface area contributed by atoms with Gasteiger partial charge in [-0.2, -0.15) is 0 Å². The molecule has 0 bridgehead atoms. The molecule has 1 aliphatic carbocycles. The van der Waals surface area contributed by atoms with Crippen molar-refractivity contribution in [2.45, 2.75) is 50.1 Å². The molecule has 2 aliphatic rings. The number of carbonyl (C=O) groups excluding carboxylic acids is 3. The Balaban J connectivity index is 1.39. The van der Waals surface area contributed by atoms with E-state index in [2.05, 4.69) is 26.2 Å². The van der Waals surface area contributed by atoms with E-state index in [9.17, 15) is 23.2 Å². The number of rotatable bonds is 11. The summed E-state index contributed by atoms with van der Waals surface area (Å²) in [5, 5.41) is 11.1. The summed E-state index contributed by atoms with van der Waals surface area (Å²) in [4.78, 5) is 42.0. The molecular formula is C29H37F2N5O4. The van der Waals surface area contributed by atoms with Gasteiger partial charge in [0.1, 0.15) is 11.6 Å². The van der Waals surface area contributed by atoms with Crippen LogP contribution in [0.15, 0.2) is 48.5 Å². The maximum Gasteiger partial charge on any atom is 0.320 e. The Kier molecular flexibility index (Phi) is 10.4. The smallest absolute Gasteiger partial charge is 0.320 e. The number of hydrogen-bond acceptors (Lipinski definition) is 5. The van der Waals surface area contributed by atoms with E-state index in [4.69, 9.17) is 4.74 Å². The second kappa shape index (κ2) is 14.2. The molecule has 2 aromatic carbocycles. The number of halogens is 2. The summed E-state index contributed by atoms with van der Waals surface area (Å²) in [5.74, 6) is -2.86. The van der Waals surface area contributed by atoms with Crippen LogP contribution in [0.3, 0.4) is 0 Å². The maximum atomic E-state index is 13.6. The Bertz CT molecular complexity index is 1150. The van der Waals surface area contributed by atoms with Crippen molar-refractivity contribution in [2.24, 2.45) is 0 Å². The van der Waals surface area contributed by atoms with Crippen LogP contribution in [-0.4, -0.2) is 73.7 Å². The number of nitrogens with one attached hydrogen (secondary N) is 4. The Hall–Kier alpha value is -3.57. The van der Waals surface area contributed by atoms with E-state index in [1.165, 1.54) is 6.07 Å². The first-order valence-corrected chi connectivity index (χ1v) is 13.8. The molecule has 0 unspecified atom stereocenters. The van der Waals surface area contributed by atoms with Gasteiger partial charge in [0.2, 0.25) is 11.8 Å². The summed E-state index contributed by atoms with van der Waals surface area (Å²) >= 11 is 0. The van der Waals surface area contributed by atoms with Crippen molar-refractivity contribution in [3.8, 4) is 0 Å². The number of anilines is 1. The van der Waals surface area contributed by atoms with E-state index in [1.807, 2.05) is 30.3 Å². The fourth-order valence-electron chi connectivity index (χ4n) is 5.16. The molecule has 4 N–H and O–H groups in total. The second-order valence-corrected chi connectivity index (χ2v) is 10.3. The van der Waals surface area contributed by atoms with Gasteiger partial charge in [-0.15, -0.1) is 0 Å². The molecule has 1 saturated carbocycles. The lowest BCUT2D eigenvalue weighted by molar-refractivity contribution is -0.132. The van der Waals surface area contributed by atoms with Crippen LogP contribution in [0, 0.1) is 11.6 Å². The average molecular weight is 558 g/mol. The van der Waals surface area contributed by atoms with Crippen LogP contribution in [-0.2, 0) is 20.7 Å². The first kappa shape index (κ1) is 29.4. The minimum absolute atomic E-state index is 0.0587. The fourth-order valence-corrected chi connectivity index (χ4v) is 5.16. The standard InChI is InChI=1S/C29H37F2N5O4/c30-23-10-9-22(20-24(23)31)33-28(39)35-29(11-4-5-12-29)27(38)34-25(19-21-7-2-1-3-8-21)26(37)32-13-6-14-36-15-17-40-18-16-36/h1-3,7-10,20,25H,4-6,11-19H2,(H,32,37)(H,34,38)(H2,33,35,39)/t25-/m1/s1. The summed E-state index contributed by atoms with van der Waals surface area (Å²) in [6, 6.07) is 10.9. The summed E-state index contributed by atoms with van der Waals surface area (Å²) in [7, 11) is 0. The first-order chi connectivity index (χ1) is 19.3. The molecule has 4 amide bonds. The lowest BCUT2D eigenvalue weighted by atomic mass is 9.95. The van der Waals surface area contributed by atoms with E-state index in [1.54, 1.807) is 0 Å². The second-order valence-electron chi connectivity index (χ2n) is 10.3. The number of morpholine rings is 1. The lowest BCUT2D eigenvalue weighted by Crippen LogP contribution is -2.61.